The van der Waals surface area contributed by atoms with Gasteiger partial charge in [0.05, 0.1) is 17.9 Å². The normalized spacial score (nSPS) is 10.9. The molecule has 10 nitrogen and oxygen atoms in total. The SMILES string of the molecule is O=C(Cc1csc(NC(=O)CSc2nc3nccnc3c(=O)n2CCc2ccccc2)n1)Nc1ccccc1. The molecule has 3 heterocycles. The maximum absolute atomic E-state index is 13.2. The highest BCUT2D eigenvalue weighted by Crippen LogP contribution is 2.20. The Morgan fingerprint density at radius 1 is 0.897 bits per heavy atom. The van der Waals surface area contributed by atoms with Crippen LogP contribution in [0.5, 0.6) is 0 Å². The van der Waals surface area contributed by atoms with Crippen molar-refractivity contribution in [1.82, 2.24) is 24.5 Å². The van der Waals surface area contributed by atoms with Gasteiger partial charge >= 0.3 is 0 Å². The third-order valence-electron chi connectivity index (χ3n) is 5.56. The number of fused-ring (bicyclic) bond motifs is 1. The first-order chi connectivity index (χ1) is 19.0. The standard InChI is InChI=1S/C27H23N7O3S2/c35-21(30-19-9-5-2-6-10-19)15-20-16-38-26(31-20)32-22(36)17-39-27-33-24-23(28-12-13-29-24)25(37)34(27)14-11-18-7-3-1-4-8-18/h1-10,12-13,16H,11,14-15,17H2,(H,30,35)(H,31,32,36). The number of thioether (sulfide) groups is 1. The van der Waals surface area contributed by atoms with E-state index in [1.165, 1.54) is 28.3 Å². The van der Waals surface area contributed by atoms with Gasteiger partial charge in [0.25, 0.3) is 5.56 Å². The van der Waals surface area contributed by atoms with E-state index >= 15 is 0 Å². The highest BCUT2D eigenvalue weighted by Gasteiger charge is 2.16. The van der Waals surface area contributed by atoms with Crippen LogP contribution < -0.4 is 16.2 Å². The summed E-state index contributed by atoms with van der Waals surface area (Å²) >= 11 is 2.38. The van der Waals surface area contributed by atoms with E-state index < -0.39 is 0 Å². The number of amides is 2. The van der Waals surface area contributed by atoms with Crippen LogP contribution in [0.3, 0.4) is 0 Å². The molecule has 2 aromatic carbocycles. The summed E-state index contributed by atoms with van der Waals surface area (Å²) in [5.74, 6) is -0.496. The van der Waals surface area contributed by atoms with E-state index in [2.05, 4.69) is 30.6 Å². The van der Waals surface area contributed by atoms with Gasteiger partial charge in [-0.3, -0.25) is 19.0 Å². The van der Waals surface area contributed by atoms with Gasteiger partial charge in [-0.1, -0.05) is 60.3 Å². The van der Waals surface area contributed by atoms with E-state index in [4.69, 9.17) is 0 Å². The minimum absolute atomic E-state index is 0.00690. The van der Waals surface area contributed by atoms with Gasteiger partial charge in [0, 0.05) is 30.0 Å². The van der Waals surface area contributed by atoms with E-state index in [0.717, 1.165) is 17.3 Å². The second-order valence-corrected chi connectivity index (χ2v) is 10.2. The maximum Gasteiger partial charge on any atom is 0.282 e. The molecule has 2 amide bonds. The van der Waals surface area contributed by atoms with Gasteiger partial charge < -0.3 is 10.6 Å². The van der Waals surface area contributed by atoms with Crippen LogP contribution in [-0.2, 0) is 29.0 Å². The Bertz CT molecular complexity index is 1660. The highest BCUT2D eigenvalue weighted by atomic mass is 32.2. The fourth-order valence-electron chi connectivity index (χ4n) is 3.74. The van der Waals surface area contributed by atoms with Gasteiger partial charge in [-0.2, -0.15) is 0 Å². The molecule has 5 aromatic rings. The second-order valence-electron chi connectivity index (χ2n) is 8.39. The van der Waals surface area contributed by atoms with E-state index in [1.807, 2.05) is 48.5 Å². The van der Waals surface area contributed by atoms with Gasteiger partial charge in [0.1, 0.15) is 0 Å². The maximum atomic E-state index is 13.2. The number of nitrogens with zero attached hydrogens (tertiary/aromatic N) is 5. The monoisotopic (exact) mass is 557 g/mol. The van der Waals surface area contributed by atoms with Crippen molar-refractivity contribution >= 4 is 56.9 Å². The fraction of sp³-hybridized carbons (Fsp3) is 0.148. The molecule has 0 fully saturated rings. The molecule has 0 bridgehead atoms. The number of hydrogen-bond donors (Lipinski definition) is 2. The molecular weight excluding hydrogens is 534 g/mol. The summed E-state index contributed by atoms with van der Waals surface area (Å²) in [6, 6.07) is 19.0. The molecule has 3 aromatic heterocycles. The van der Waals surface area contributed by atoms with Crippen molar-refractivity contribution in [3.05, 3.63) is 100 Å². The summed E-state index contributed by atoms with van der Waals surface area (Å²) in [4.78, 5) is 55.4. The van der Waals surface area contributed by atoms with Crippen molar-refractivity contribution in [1.29, 1.82) is 0 Å². The molecule has 0 aliphatic heterocycles. The van der Waals surface area contributed by atoms with Crippen molar-refractivity contribution in [3.63, 3.8) is 0 Å². The first-order valence-corrected chi connectivity index (χ1v) is 13.9. The minimum Gasteiger partial charge on any atom is -0.326 e. The van der Waals surface area contributed by atoms with E-state index in [1.54, 1.807) is 17.5 Å². The molecule has 0 radical (unpaired) electrons. The molecule has 196 valence electrons. The van der Waals surface area contributed by atoms with Crippen LogP contribution in [0.25, 0.3) is 11.2 Å². The molecule has 0 saturated carbocycles. The number of carbonyl (C=O) groups excluding carboxylic acids is 2. The largest absolute Gasteiger partial charge is 0.326 e. The number of benzene rings is 2. The van der Waals surface area contributed by atoms with E-state index in [9.17, 15) is 14.4 Å². The summed E-state index contributed by atoms with van der Waals surface area (Å²) in [7, 11) is 0. The van der Waals surface area contributed by atoms with Crippen LogP contribution in [0.4, 0.5) is 10.8 Å². The number of nitrogens with one attached hydrogen (secondary N) is 2. The molecule has 5 rings (SSSR count). The molecule has 0 saturated heterocycles. The topological polar surface area (TPSA) is 132 Å². The lowest BCUT2D eigenvalue weighted by Crippen LogP contribution is -2.26. The van der Waals surface area contributed by atoms with Gasteiger partial charge in [-0.15, -0.1) is 11.3 Å². The number of rotatable bonds is 10. The lowest BCUT2D eigenvalue weighted by Gasteiger charge is -2.12. The summed E-state index contributed by atoms with van der Waals surface area (Å²) in [5, 5.41) is 8.08. The molecule has 39 heavy (non-hydrogen) atoms. The lowest BCUT2D eigenvalue weighted by atomic mass is 10.1. The number of aromatic nitrogens is 5. The minimum atomic E-state index is -0.308. The Morgan fingerprint density at radius 3 is 2.44 bits per heavy atom. The summed E-state index contributed by atoms with van der Waals surface area (Å²) in [6.45, 7) is 0.382. The predicted molar refractivity (Wildman–Crippen MR) is 152 cm³/mol. The third-order valence-corrected chi connectivity index (χ3v) is 7.34. The summed E-state index contributed by atoms with van der Waals surface area (Å²) in [5.41, 5.74) is 2.46. The molecule has 0 atom stereocenters. The molecule has 0 unspecified atom stereocenters. The van der Waals surface area contributed by atoms with Crippen molar-refractivity contribution < 1.29 is 9.59 Å². The van der Waals surface area contributed by atoms with Gasteiger partial charge in [-0.05, 0) is 24.1 Å². The van der Waals surface area contributed by atoms with Crippen LogP contribution in [0.2, 0.25) is 0 Å². The van der Waals surface area contributed by atoms with Crippen molar-refractivity contribution in [3.8, 4) is 0 Å². The first kappa shape index (κ1) is 26.2. The number of thiazole rings is 1. The fourth-order valence-corrected chi connectivity index (χ4v) is 5.28. The molecule has 0 spiro atoms. The van der Waals surface area contributed by atoms with Crippen molar-refractivity contribution in [2.75, 3.05) is 16.4 Å². The average Bonchev–Trinajstić information content (AvgIpc) is 3.38. The van der Waals surface area contributed by atoms with E-state index in [-0.39, 0.29) is 40.7 Å². The summed E-state index contributed by atoms with van der Waals surface area (Å²) in [6.07, 6.45) is 3.64. The van der Waals surface area contributed by atoms with Crippen LogP contribution in [0.1, 0.15) is 11.3 Å². The third kappa shape index (κ3) is 6.92. The predicted octanol–water partition coefficient (Wildman–Crippen LogP) is 3.80. The lowest BCUT2D eigenvalue weighted by molar-refractivity contribution is -0.115. The highest BCUT2D eigenvalue weighted by molar-refractivity contribution is 7.99. The van der Waals surface area contributed by atoms with Gasteiger partial charge in [0.15, 0.2) is 21.5 Å². The van der Waals surface area contributed by atoms with Gasteiger partial charge in [0.2, 0.25) is 11.8 Å². The summed E-state index contributed by atoms with van der Waals surface area (Å²) < 4.78 is 1.54. The van der Waals surface area contributed by atoms with Crippen LogP contribution in [-0.4, -0.2) is 42.1 Å². The Kier molecular flexibility index (Phi) is 8.34. The molecule has 0 aliphatic carbocycles. The van der Waals surface area contributed by atoms with Crippen LogP contribution >= 0.6 is 23.1 Å². The van der Waals surface area contributed by atoms with Crippen LogP contribution in [0, 0.1) is 0 Å². The molecule has 12 heteroatoms. The molecular formula is C27H23N7O3S2. The smallest absolute Gasteiger partial charge is 0.282 e. The van der Waals surface area contributed by atoms with E-state index in [0.29, 0.717) is 34.6 Å². The number of carbonyl (C=O) groups is 2. The second kappa shape index (κ2) is 12.4. The van der Waals surface area contributed by atoms with Crippen molar-refractivity contribution in [2.45, 2.75) is 24.5 Å². The zero-order chi connectivity index (χ0) is 27.0. The Balaban J connectivity index is 1.22. The van der Waals surface area contributed by atoms with Crippen molar-refractivity contribution in [2.24, 2.45) is 0 Å². The first-order valence-electron chi connectivity index (χ1n) is 12.0. The molecule has 2 N–H and O–H groups in total. The average molecular weight is 558 g/mol. The van der Waals surface area contributed by atoms with Crippen LogP contribution in [0.15, 0.2) is 88.4 Å². The Morgan fingerprint density at radius 2 is 1.64 bits per heavy atom. The Labute approximate surface area is 231 Å². The number of para-hydroxylation sites is 1. The number of anilines is 2. The quantitative estimate of drug-likeness (QED) is 0.196. The zero-order valence-electron chi connectivity index (χ0n) is 20.6. The Hall–Kier alpha value is -4.42. The van der Waals surface area contributed by atoms with Gasteiger partial charge in [-0.25, -0.2) is 19.9 Å². The molecule has 0 aliphatic rings. The number of hydrogen-bond acceptors (Lipinski definition) is 9. The number of aryl methyl sites for hydroxylation is 1. The zero-order valence-corrected chi connectivity index (χ0v) is 22.2.